The summed E-state index contributed by atoms with van der Waals surface area (Å²) in [5.41, 5.74) is 0.408. The summed E-state index contributed by atoms with van der Waals surface area (Å²) in [7, 11) is 2.99. The van der Waals surface area contributed by atoms with Crippen molar-refractivity contribution in [1.82, 2.24) is 25.8 Å². The maximum atomic E-state index is 15.2. The second kappa shape index (κ2) is 24.8. The molecule has 2 aliphatic rings. The molecular weight excluding hydrogens is 935 g/mol. The van der Waals surface area contributed by atoms with Crippen molar-refractivity contribution in [2.45, 2.75) is 154 Å². The maximum Gasteiger partial charge on any atom is 0.413 e. The molecule has 0 saturated carbocycles. The Morgan fingerprint density at radius 2 is 1.51 bits per heavy atom. The molecule has 0 aromatic heterocycles. The molecule has 2 heterocycles. The molecule has 2 saturated heterocycles. The predicted molar refractivity (Wildman–Crippen MR) is 240 cm³/mol. The molecule has 23 heteroatoms. The Balaban J connectivity index is 2.28. The molecule has 392 valence electrons. The molecule has 10 atom stereocenters. The molecule has 19 nitrogen and oxygen atoms in total. The van der Waals surface area contributed by atoms with Crippen molar-refractivity contribution in [3.8, 4) is 5.75 Å². The number of Topliss-reactive ketones (excluding diaryl/α,β-unsaturated/α-hetero) is 1. The van der Waals surface area contributed by atoms with Gasteiger partial charge >= 0.3 is 29.8 Å². The number of rotatable bonds is 12. The third kappa shape index (κ3) is 13.9. The number of amides is 5. The van der Waals surface area contributed by atoms with Crippen molar-refractivity contribution >= 4 is 53.2 Å². The molecule has 2 fully saturated rings. The molecule has 1 aromatic rings. The van der Waals surface area contributed by atoms with Gasteiger partial charge in [0.25, 0.3) is 5.91 Å². The highest BCUT2D eigenvalue weighted by Gasteiger charge is 2.68. The van der Waals surface area contributed by atoms with Gasteiger partial charge in [0.15, 0.2) is 11.9 Å². The minimum Gasteiger partial charge on any atom is -0.497 e. The van der Waals surface area contributed by atoms with E-state index in [4.69, 9.17) is 14.2 Å². The Morgan fingerprint density at radius 3 is 2.06 bits per heavy atom. The third-order valence-electron chi connectivity index (χ3n) is 12.6. The Kier molecular flexibility index (Phi) is 20.7. The molecule has 1 aromatic carbocycles. The number of nitrogens with zero attached hydrogens (tertiary/aromatic N) is 2. The first-order valence-electron chi connectivity index (χ1n) is 23.1. The summed E-state index contributed by atoms with van der Waals surface area (Å²) in [6.45, 7) is 11.9. The first-order chi connectivity index (χ1) is 32.5. The van der Waals surface area contributed by atoms with E-state index in [1.54, 1.807) is 45.0 Å². The fraction of sp³-hybridized carbons (Fsp3) is 0.681. The number of likely N-dealkylation sites (N-methyl/N-ethyl adjacent to an activating group) is 1. The van der Waals surface area contributed by atoms with Gasteiger partial charge in [0, 0.05) is 20.0 Å². The van der Waals surface area contributed by atoms with E-state index in [0.29, 0.717) is 24.8 Å². The van der Waals surface area contributed by atoms with Crippen LogP contribution in [0, 0.1) is 23.7 Å². The largest absolute Gasteiger partial charge is 0.497 e. The highest BCUT2D eigenvalue weighted by atomic mass is 19.3. The standard InChI is InChI=1S/C47H67F4N5O14/c1-12-25(6)35-33(57)22-34(58)70-38(24(4)5)37(59)26(7)39(60)52-30(20-23(2)3)41(62)56-19-13-14-31(56)42(63)55(9)32(21-28-15-17-29(67-10)18-16-28)43(64)69-27(8)36(40(61)53-35)54-44(65)46(48,49)47(50,51)45(66)68-11/h15-18,23-27,30-33,35-36,38,57H,12-14,19-22H2,1-11H3,(H,52,60)(H,53,61)(H,54,65)/t25-,26-,27-,30+,31-,32-,33+,35+,36-,38+/m0/s1. The second-order valence-electron chi connectivity index (χ2n) is 18.6. The van der Waals surface area contributed by atoms with E-state index in [2.05, 4.69) is 15.4 Å². The highest BCUT2D eigenvalue weighted by molar-refractivity contribution is 6.05. The smallest absolute Gasteiger partial charge is 0.413 e. The molecular formula is C47H67F4N5O14. The lowest BCUT2D eigenvalue weighted by molar-refractivity contribution is -0.224. The Bertz CT molecular complexity index is 2070. The van der Waals surface area contributed by atoms with Gasteiger partial charge in [-0.3, -0.25) is 33.6 Å². The van der Waals surface area contributed by atoms with Crippen LogP contribution in [-0.4, -0.2) is 156 Å². The third-order valence-corrected chi connectivity index (χ3v) is 12.6. The summed E-state index contributed by atoms with van der Waals surface area (Å²) in [4.78, 5) is 126. The molecule has 5 amide bonds. The minimum absolute atomic E-state index is 0.0394. The van der Waals surface area contributed by atoms with E-state index in [9.17, 15) is 57.0 Å². The summed E-state index contributed by atoms with van der Waals surface area (Å²) in [5.74, 6) is -27.4. The van der Waals surface area contributed by atoms with Gasteiger partial charge in [0.05, 0.1) is 38.7 Å². The number of methoxy groups -OCH3 is 2. The van der Waals surface area contributed by atoms with Crippen LogP contribution in [0.1, 0.15) is 93.1 Å². The quantitative estimate of drug-likeness (QED) is 0.102. The summed E-state index contributed by atoms with van der Waals surface area (Å²) < 4.78 is 80.1. The minimum atomic E-state index is -5.88. The first-order valence-corrected chi connectivity index (χ1v) is 23.1. The summed E-state index contributed by atoms with van der Waals surface area (Å²) >= 11 is 0. The molecule has 0 unspecified atom stereocenters. The molecule has 0 spiro atoms. The van der Waals surface area contributed by atoms with Gasteiger partial charge in [-0.2, -0.15) is 17.6 Å². The average Bonchev–Trinajstić information content (AvgIpc) is 3.80. The van der Waals surface area contributed by atoms with E-state index < -0.39 is 138 Å². The summed E-state index contributed by atoms with van der Waals surface area (Å²) in [6.07, 6.45) is -6.14. The zero-order chi connectivity index (χ0) is 53.2. The number of carbonyl (C=O) groups is 9. The number of benzene rings is 1. The topological polar surface area (TPSA) is 253 Å². The number of aliphatic hydroxyl groups is 1. The van der Waals surface area contributed by atoms with Gasteiger partial charge in [-0.05, 0) is 68.6 Å². The van der Waals surface area contributed by atoms with Crippen LogP contribution in [0.4, 0.5) is 17.6 Å². The van der Waals surface area contributed by atoms with Crippen molar-refractivity contribution in [3.63, 3.8) is 0 Å². The van der Waals surface area contributed by atoms with Crippen LogP contribution in [0.5, 0.6) is 5.75 Å². The Hall–Kier alpha value is -5.87. The van der Waals surface area contributed by atoms with Crippen LogP contribution >= 0.6 is 0 Å². The molecule has 4 N–H and O–H groups in total. The average molecular weight is 1000 g/mol. The van der Waals surface area contributed by atoms with Crippen molar-refractivity contribution in [2.24, 2.45) is 23.7 Å². The number of hydrogen-bond acceptors (Lipinski definition) is 14. The number of hydrogen-bond donors (Lipinski definition) is 4. The molecule has 0 radical (unpaired) electrons. The number of alkyl halides is 4. The van der Waals surface area contributed by atoms with Gasteiger partial charge < -0.3 is 49.8 Å². The van der Waals surface area contributed by atoms with E-state index >= 15 is 8.78 Å². The highest BCUT2D eigenvalue weighted by Crippen LogP contribution is 2.36. The number of fused-ring (bicyclic) bond motifs is 1. The van der Waals surface area contributed by atoms with E-state index in [1.807, 2.05) is 0 Å². The van der Waals surface area contributed by atoms with Crippen LogP contribution in [0.2, 0.25) is 0 Å². The first kappa shape index (κ1) is 58.4. The molecule has 2 aliphatic heterocycles. The van der Waals surface area contributed by atoms with E-state index in [-0.39, 0.29) is 38.1 Å². The summed E-state index contributed by atoms with van der Waals surface area (Å²) in [5, 5.41) is 17.9. The van der Waals surface area contributed by atoms with Gasteiger partial charge in [-0.15, -0.1) is 0 Å². The zero-order valence-electron chi connectivity index (χ0n) is 41.3. The van der Waals surface area contributed by atoms with Gasteiger partial charge in [-0.25, -0.2) is 9.59 Å². The van der Waals surface area contributed by atoms with Crippen molar-refractivity contribution < 1.29 is 84.8 Å². The van der Waals surface area contributed by atoms with Crippen LogP contribution in [0.15, 0.2) is 24.3 Å². The fourth-order valence-electron chi connectivity index (χ4n) is 8.10. The van der Waals surface area contributed by atoms with Gasteiger partial charge in [0.2, 0.25) is 23.6 Å². The lowest BCUT2D eigenvalue weighted by atomic mass is 9.91. The number of carbonyl (C=O) groups excluding carboxylic acids is 9. The molecule has 70 heavy (non-hydrogen) atoms. The number of nitrogens with one attached hydrogen (secondary N) is 3. The van der Waals surface area contributed by atoms with E-state index in [0.717, 1.165) is 11.8 Å². The van der Waals surface area contributed by atoms with Crippen LogP contribution in [-0.2, 0) is 63.8 Å². The number of esters is 3. The number of halogens is 4. The lowest BCUT2D eigenvalue weighted by Gasteiger charge is -2.35. The van der Waals surface area contributed by atoms with Crippen molar-refractivity contribution in [1.29, 1.82) is 0 Å². The predicted octanol–water partition coefficient (Wildman–Crippen LogP) is 2.52. The molecule has 0 aliphatic carbocycles. The SMILES string of the molecule is CC[C@H](C)[C@H]1NC(=O)[C@@H](NC(=O)C(F)(F)C(F)(F)C(=O)OC)[C@H](C)OC(=O)[C@H](Cc2ccc(OC)cc2)N(C)C(=O)[C@@H]2CCCN2C(=O)[C@@H](CC(C)C)NC(=O)[C@@H](C)C(=O)[C@@H](C(C)C)OC(=O)C[C@H]1O. The second-order valence-corrected chi connectivity index (χ2v) is 18.6. The van der Waals surface area contributed by atoms with Gasteiger partial charge in [-0.1, -0.05) is 60.1 Å². The number of ether oxygens (including phenoxy) is 4. The van der Waals surface area contributed by atoms with Crippen LogP contribution in [0.25, 0.3) is 0 Å². The monoisotopic (exact) mass is 1000 g/mol. The van der Waals surface area contributed by atoms with E-state index in [1.165, 1.54) is 52.1 Å². The number of cyclic esters (lactones) is 2. The van der Waals surface area contributed by atoms with Crippen LogP contribution < -0.4 is 20.7 Å². The Morgan fingerprint density at radius 1 is 0.900 bits per heavy atom. The zero-order valence-corrected chi connectivity index (χ0v) is 41.3. The van der Waals surface area contributed by atoms with Crippen molar-refractivity contribution in [3.05, 3.63) is 29.8 Å². The fourth-order valence-corrected chi connectivity index (χ4v) is 8.10. The normalized spacial score (nSPS) is 27.0. The molecule has 3 rings (SSSR count). The molecule has 0 bridgehead atoms. The maximum absolute atomic E-state index is 15.2. The number of aliphatic hydroxyl groups excluding tert-OH is 1. The van der Waals surface area contributed by atoms with Crippen molar-refractivity contribution in [2.75, 3.05) is 27.8 Å². The van der Waals surface area contributed by atoms with Crippen LogP contribution in [0.3, 0.4) is 0 Å². The number of ketones is 1. The Labute approximate surface area is 404 Å². The van der Waals surface area contributed by atoms with Gasteiger partial charge in [0.1, 0.15) is 36.0 Å². The lowest BCUT2D eigenvalue weighted by Crippen LogP contribution is -2.64. The summed E-state index contributed by atoms with van der Waals surface area (Å²) in [6, 6.07) is -1.96.